The van der Waals surface area contributed by atoms with Crippen molar-refractivity contribution in [2.75, 3.05) is 40.4 Å². The van der Waals surface area contributed by atoms with Gasteiger partial charge in [-0.3, -0.25) is 19.9 Å². The summed E-state index contributed by atoms with van der Waals surface area (Å²) in [6, 6.07) is 13.0. The highest BCUT2D eigenvalue weighted by Crippen LogP contribution is 2.28. The molecule has 1 aliphatic rings. The second-order valence-corrected chi connectivity index (χ2v) is 6.63. The topological polar surface area (TPSA) is 68.1 Å². The molecule has 2 aromatic carbocycles. The van der Waals surface area contributed by atoms with E-state index in [4.69, 9.17) is 9.47 Å². The normalized spacial score (nSPS) is 15.5. The largest absolute Gasteiger partial charge is 0.493 e. The molecule has 0 N–H and O–H groups in total. The van der Waals surface area contributed by atoms with Gasteiger partial charge in [-0.05, 0) is 17.7 Å². The minimum absolute atomic E-state index is 0.199. The van der Waals surface area contributed by atoms with Crippen LogP contribution >= 0.6 is 0 Å². The maximum absolute atomic E-state index is 11.2. The van der Waals surface area contributed by atoms with Crippen molar-refractivity contribution in [1.29, 1.82) is 0 Å². The molecule has 0 aromatic heterocycles. The van der Waals surface area contributed by atoms with E-state index in [2.05, 4.69) is 15.9 Å². The summed E-state index contributed by atoms with van der Waals surface area (Å²) < 4.78 is 10.7. The average Bonchev–Trinajstić information content (AvgIpc) is 2.69. The van der Waals surface area contributed by atoms with Crippen LogP contribution in [0.1, 0.15) is 11.1 Å². The lowest BCUT2D eigenvalue weighted by molar-refractivity contribution is -0.385. The molecule has 7 nitrogen and oxygen atoms in total. The van der Waals surface area contributed by atoms with Crippen LogP contribution in [-0.2, 0) is 13.1 Å². The lowest BCUT2D eigenvalue weighted by atomic mass is 10.1. The zero-order valence-electron chi connectivity index (χ0n) is 15.8. The summed E-state index contributed by atoms with van der Waals surface area (Å²) in [5.74, 6) is 1.47. The predicted octanol–water partition coefficient (Wildman–Crippen LogP) is 2.93. The standard InChI is InChI=1S/C20H25N3O4/c1-26-19-8-7-16(13-20(19)27-2)14-21-9-11-22(12-10-21)15-17-5-3-4-6-18(17)23(24)25/h3-8,13H,9-12,14-15H2,1-2H3. The third-order valence-corrected chi connectivity index (χ3v) is 4.90. The first-order valence-corrected chi connectivity index (χ1v) is 8.98. The smallest absolute Gasteiger partial charge is 0.273 e. The van der Waals surface area contributed by atoms with Crippen LogP contribution in [0.2, 0.25) is 0 Å². The Bertz CT molecular complexity index is 789. The molecule has 1 heterocycles. The Kier molecular flexibility index (Phi) is 6.26. The number of methoxy groups -OCH3 is 2. The molecule has 0 bridgehead atoms. The maximum atomic E-state index is 11.2. The number of rotatable bonds is 7. The Hall–Kier alpha value is -2.64. The molecular formula is C20H25N3O4. The minimum atomic E-state index is -0.303. The summed E-state index contributed by atoms with van der Waals surface area (Å²) in [6.45, 7) is 5.09. The summed E-state index contributed by atoms with van der Waals surface area (Å²) in [5, 5.41) is 11.2. The van der Waals surface area contributed by atoms with Crippen LogP contribution in [0.25, 0.3) is 0 Å². The van der Waals surface area contributed by atoms with Crippen molar-refractivity contribution < 1.29 is 14.4 Å². The third kappa shape index (κ3) is 4.75. The van der Waals surface area contributed by atoms with Gasteiger partial charge in [0.2, 0.25) is 0 Å². The monoisotopic (exact) mass is 371 g/mol. The number of nitro groups is 1. The molecule has 1 saturated heterocycles. The summed E-state index contributed by atoms with van der Waals surface area (Å²) in [7, 11) is 3.27. The molecule has 0 unspecified atom stereocenters. The minimum Gasteiger partial charge on any atom is -0.493 e. The van der Waals surface area contributed by atoms with E-state index in [0.29, 0.717) is 6.54 Å². The van der Waals surface area contributed by atoms with Gasteiger partial charge in [-0.1, -0.05) is 24.3 Å². The highest BCUT2D eigenvalue weighted by molar-refractivity contribution is 5.43. The molecule has 1 fully saturated rings. The molecule has 1 aliphatic heterocycles. The zero-order valence-corrected chi connectivity index (χ0v) is 15.8. The second-order valence-electron chi connectivity index (χ2n) is 6.63. The summed E-state index contributed by atoms with van der Waals surface area (Å²) in [6.07, 6.45) is 0. The number of hydrogen-bond acceptors (Lipinski definition) is 6. The fourth-order valence-corrected chi connectivity index (χ4v) is 3.41. The molecule has 3 rings (SSSR count). The molecule has 7 heteroatoms. The Balaban J connectivity index is 1.56. The van der Waals surface area contributed by atoms with E-state index >= 15 is 0 Å². The van der Waals surface area contributed by atoms with E-state index in [0.717, 1.165) is 49.8 Å². The van der Waals surface area contributed by atoms with E-state index in [1.54, 1.807) is 26.4 Å². The zero-order chi connectivity index (χ0) is 19.2. The molecule has 2 aromatic rings. The Labute approximate surface area is 159 Å². The van der Waals surface area contributed by atoms with Gasteiger partial charge in [0.15, 0.2) is 11.5 Å². The van der Waals surface area contributed by atoms with Gasteiger partial charge in [-0.2, -0.15) is 0 Å². The van der Waals surface area contributed by atoms with Gasteiger partial charge in [0, 0.05) is 50.9 Å². The first kappa shape index (κ1) is 19.1. The Morgan fingerprint density at radius 3 is 2.19 bits per heavy atom. The van der Waals surface area contributed by atoms with E-state index in [1.807, 2.05) is 24.3 Å². The van der Waals surface area contributed by atoms with E-state index in [9.17, 15) is 10.1 Å². The van der Waals surface area contributed by atoms with E-state index < -0.39 is 0 Å². The first-order valence-electron chi connectivity index (χ1n) is 8.98. The van der Waals surface area contributed by atoms with Crippen molar-refractivity contribution in [3.63, 3.8) is 0 Å². The number of nitrogens with zero attached hydrogens (tertiary/aromatic N) is 3. The molecule has 0 amide bonds. The number of hydrogen-bond donors (Lipinski definition) is 0. The Morgan fingerprint density at radius 2 is 1.56 bits per heavy atom. The number of ether oxygens (including phenoxy) is 2. The fraction of sp³-hybridized carbons (Fsp3) is 0.400. The molecule has 0 radical (unpaired) electrons. The second kappa shape index (κ2) is 8.83. The van der Waals surface area contributed by atoms with Crippen LogP contribution in [0.5, 0.6) is 11.5 Å². The fourth-order valence-electron chi connectivity index (χ4n) is 3.41. The first-order chi connectivity index (χ1) is 13.1. The lowest BCUT2D eigenvalue weighted by Gasteiger charge is -2.34. The van der Waals surface area contributed by atoms with Gasteiger partial charge in [0.05, 0.1) is 19.1 Å². The average molecular weight is 371 g/mol. The van der Waals surface area contributed by atoms with Gasteiger partial charge >= 0.3 is 0 Å². The van der Waals surface area contributed by atoms with Gasteiger partial charge in [-0.25, -0.2) is 0 Å². The van der Waals surface area contributed by atoms with Crippen LogP contribution in [-0.4, -0.2) is 55.1 Å². The van der Waals surface area contributed by atoms with Gasteiger partial charge in [0.1, 0.15) is 0 Å². The maximum Gasteiger partial charge on any atom is 0.273 e. The highest BCUT2D eigenvalue weighted by Gasteiger charge is 2.20. The third-order valence-electron chi connectivity index (χ3n) is 4.90. The van der Waals surface area contributed by atoms with Crippen LogP contribution in [0.4, 0.5) is 5.69 Å². The highest BCUT2D eigenvalue weighted by atomic mass is 16.6. The van der Waals surface area contributed by atoms with Crippen molar-refractivity contribution in [2.24, 2.45) is 0 Å². The summed E-state index contributed by atoms with van der Waals surface area (Å²) in [4.78, 5) is 15.5. The molecule has 0 aliphatic carbocycles. The number of piperazine rings is 1. The lowest BCUT2D eigenvalue weighted by Crippen LogP contribution is -2.45. The quantitative estimate of drug-likeness (QED) is 0.551. The van der Waals surface area contributed by atoms with Crippen molar-refractivity contribution in [3.05, 3.63) is 63.7 Å². The molecule has 0 saturated carbocycles. The molecular weight excluding hydrogens is 346 g/mol. The van der Waals surface area contributed by atoms with Crippen molar-refractivity contribution in [2.45, 2.75) is 13.1 Å². The van der Waals surface area contributed by atoms with Crippen LogP contribution in [0.3, 0.4) is 0 Å². The molecule has 144 valence electrons. The molecule has 27 heavy (non-hydrogen) atoms. The van der Waals surface area contributed by atoms with Crippen LogP contribution in [0, 0.1) is 10.1 Å². The number of nitro benzene ring substituents is 1. The Morgan fingerprint density at radius 1 is 0.926 bits per heavy atom. The predicted molar refractivity (Wildman–Crippen MR) is 103 cm³/mol. The van der Waals surface area contributed by atoms with Gasteiger partial charge in [-0.15, -0.1) is 0 Å². The van der Waals surface area contributed by atoms with Gasteiger partial charge < -0.3 is 9.47 Å². The number of para-hydroxylation sites is 1. The SMILES string of the molecule is COc1ccc(CN2CCN(Cc3ccccc3[N+](=O)[O-])CC2)cc1OC. The molecule has 0 spiro atoms. The van der Waals surface area contributed by atoms with Crippen molar-refractivity contribution >= 4 is 5.69 Å². The van der Waals surface area contributed by atoms with Crippen LogP contribution < -0.4 is 9.47 Å². The van der Waals surface area contributed by atoms with E-state index in [1.165, 1.54) is 5.56 Å². The van der Waals surface area contributed by atoms with Crippen molar-refractivity contribution in [1.82, 2.24) is 9.80 Å². The van der Waals surface area contributed by atoms with E-state index in [-0.39, 0.29) is 10.6 Å². The van der Waals surface area contributed by atoms with Crippen molar-refractivity contribution in [3.8, 4) is 11.5 Å². The number of benzene rings is 2. The summed E-state index contributed by atoms with van der Waals surface area (Å²) in [5.41, 5.74) is 2.15. The van der Waals surface area contributed by atoms with Gasteiger partial charge in [0.25, 0.3) is 5.69 Å². The molecule has 0 atom stereocenters. The van der Waals surface area contributed by atoms with Crippen LogP contribution in [0.15, 0.2) is 42.5 Å². The summed E-state index contributed by atoms with van der Waals surface area (Å²) >= 11 is 0.